The van der Waals surface area contributed by atoms with Crippen molar-refractivity contribution >= 4 is 27.6 Å². The molecule has 1 heterocycles. The van der Waals surface area contributed by atoms with Crippen LogP contribution in [0.4, 0.5) is 0 Å². The lowest BCUT2D eigenvalue weighted by Gasteiger charge is -2.09. The van der Waals surface area contributed by atoms with E-state index >= 15 is 0 Å². The maximum absolute atomic E-state index is 11.8. The number of rotatable bonds is 7. The zero-order valence-corrected chi connectivity index (χ0v) is 13.3. The van der Waals surface area contributed by atoms with E-state index in [1.165, 1.54) is 18.6 Å². The molecule has 110 valence electrons. The number of ether oxygens (including phenoxy) is 2. The van der Waals surface area contributed by atoms with Crippen LogP contribution in [0.1, 0.15) is 32.1 Å². The Morgan fingerprint density at radius 3 is 2.80 bits per heavy atom. The van der Waals surface area contributed by atoms with E-state index in [9.17, 15) is 4.79 Å². The molecule has 0 N–H and O–H groups in total. The standard InChI is InChI=1S/C15H20O3S2/c1-17-13-7-3-4-8-14(13)18-15(16)9-5-2-6-12-10-11-19-20-12/h3-4,7-8,12H,2,5-6,9-11H2,1H3. The van der Waals surface area contributed by atoms with Crippen LogP contribution >= 0.6 is 21.6 Å². The SMILES string of the molecule is COc1ccccc1OC(=O)CCCCC1CCSS1. The first-order chi connectivity index (χ1) is 9.79. The summed E-state index contributed by atoms with van der Waals surface area (Å²) in [7, 11) is 5.53. The Labute approximate surface area is 128 Å². The van der Waals surface area contributed by atoms with Gasteiger partial charge in [-0.1, -0.05) is 40.1 Å². The lowest BCUT2D eigenvalue weighted by molar-refractivity contribution is -0.134. The van der Waals surface area contributed by atoms with Crippen molar-refractivity contribution in [1.29, 1.82) is 0 Å². The van der Waals surface area contributed by atoms with Crippen LogP contribution in [-0.4, -0.2) is 24.1 Å². The van der Waals surface area contributed by atoms with Gasteiger partial charge in [0, 0.05) is 17.4 Å². The fraction of sp³-hybridized carbons (Fsp3) is 0.533. The van der Waals surface area contributed by atoms with Gasteiger partial charge < -0.3 is 9.47 Å². The second-order valence-corrected chi connectivity index (χ2v) is 7.49. The second-order valence-electron chi connectivity index (χ2n) is 4.70. The zero-order valence-electron chi connectivity index (χ0n) is 11.7. The van der Waals surface area contributed by atoms with Crippen LogP contribution in [-0.2, 0) is 4.79 Å². The summed E-state index contributed by atoms with van der Waals surface area (Å²) in [5, 5.41) is 0.783. The summed E-state index contributed by atoms with van der Waals surface area (Å²) >= 11 is 0. The van der Waals surface area contributed by atoms with Gasteiger partial charge in [-0.25, -0.2) is 0 Å². The molecule has 1 fully saturated rings. The molecule has 3 nitrogen and oxygen atoms in total. The van der Waals surface area contributed by atoms with Crippen LogP contribution in [0.5, 0.6) is 11.5 Å². The Morgan fingerprint density at radius 1 is 1.30 bits per heavy atom. The van der Waals surface area contributed by atoms with Crippen molar-refractivity contribution in [1.82, 2.24) is 0 Å². The number of carbonyl (C=O) groups excluding carboxylic acids is 1. The molecule has 0 saturated carbocycles. The Hall–Kier alpha value is -0.810. The molecule has 1 aromatic rings. The summed E-state index contributed by atoms with van der Waals surface area (Å²) in [4.78, 5) is 11.8. The summed E-state index contributed by atoms with van der Waals surface area (Å²) in [5.74, 6) is 2.19. The van der Waals surface area contributed by atoms with E-state index in [0.717, 1.165) is 18.1 Å². The molecule has 5 heteroatoms. The van der Waals surface area contributed by atoms with Gasteiger partial charge in [-0.2, -0.15) is 0 Å². The summed E-state index contributed by atoms with van der Waals surface area (Å²) in [6.07, 6.45) is 4.98. The third kappa shape index (κ3) is 4.94. The summed E-state index contributed by atoms with van der Waals surface area (Å²) in [6.45, 7) is 0. The van der Waals surface area contributed by atoms with Gasteiger partial charge in [0.15, 0.2) is 11.5 Å². The van der Waals surface area contributed by atoms with Gasteiger partial charge in [0.2, 0.25) is 0 Å². The van der Waals surface area contributed by atoms with Crippen molar-refractivity contribution in [2.75, 3.05) is 12.9 Å². The van der Waals surface area contributed by atoms with Gasteiger partial charge >= 0.3 is 5.97 Å². The topological polar surface area (TPSA) is 35.5 Å². The molecule has 1 saturated heterocycles. The lowest BCUT2D eigenvalue weighted by Crippen LogP contribution is -2.08. The summed E-state index contributed by atoms with van der Waals surface area (Å²) < 4.78 is 10.5. The Morgan fingerprint density at radius 2 is 2.10 bits per heavy atom. The molecule has 1 aliphatic rings. The largest absolute Gasteiger partial charge is 0.493 e. The van der Waals surface area contributed by atoms with E-state index in [0.29, 0.717) is 17.9 Å². The number of benzene rings is 1. The maximum atomic E-state index is 11.8. The highest BCUT2D eigenvalue weighted by Gasteiger charge is 2.16. The quantitative estimate of drug-likeness (QED) is 0.324. The molecule has 1 unspecified atom stereocenters. The second kappa shape index (κ2) is 8.47. The van der Waals surface area contributed by atoms with Gasteiger partial charge in [0.05, 0.1) is 7.11 Å². The average molecular weight is 312 g/mol. The van der Waals surface area contributed by atoms with E-state index < -0.39 is 0 Å². The highest BCUT2D eigenvalue weighted by atomic mass is 33.1. The Kier molecular flexibility index (Phi) is 6.60. The Bertz CT molecular complexity index is 431. The van der Waals surface area contributed by atoms with Crippen molar-refractivity contribution in [2.24, 2.45) is 0 Å². The number of hydrogen-bond acceptors (Lipinski definition) is 5. The van der Waals surface area contributed by atoms with Crippen LogP contribution in [0.2, 0.25) is 0 Å². The van der Waals surface area contributed by atoms with Gasteiger partial charge in [-0.15, -0.1) is 0 Å². The van der Waals surface area contributed by atoms with Crippen molar-refractivity contribution < 1.29 is 14.3 Å². The molecule has 0 aromatic heterocycles. The third-order valence-electron chi connectivity index (χ3n) is 3.18. The normalized spacial score (nSPS) is 17.9. The fourth-order valence-electron chi connectivity index (χ4n) is 2.08. The molecule has 1 aliphatic heterocycles. The van der Waals surface area contributed by atoms with Crippen molar-refractivity contribution in [3.63, 3.8) is 0 Å². The van der Waals surface area contributed by atoms with Crippen LogP contribution in [0.15, 0.2) is 24.3 Å². The van der Waals surface area contributed by atoms with Gasteiger partial charge in [-0.05, 0) is 31.4 Å². The van der Waals surface area contributed by atoms with E-state index in [1.54, 1.807) is 19.2 Å². The van der Waals surface area contributed by atoms with Gasteiger partial charge in [-0.3, -0.25) is 4.79 Å². The molecular formula is C15H20O3S2. The number of unbranched alkanes of at least 4 members (excludes halogenated alkanes) is 1. The predicted octanol–water partition coefficient (Wildman–Crippen LogP) is 4.31. The zero-order chi connectivity index (χ0) is 14.2. The van der Waals surface area contributed by atoms with Gasteiger partial charge in [0.1, 0.15) is 0 Å². The smallest absolute Gasteiger partial charge is 0.311 e. The molecule has 1 atom stereocenters. The number of methoxy groups -OCH3 is 1. The molecule has 0 amide bonds. The minimum absolute atomic E-state index is 0.178. The van der Waals surface area contributed by atoms with E-state index in [1.807, 2.05) is 33.7 Å². The minimum Gasteiger partial charge on any atom is -0.493 e. The van der Waals surface area contributed by atoms with Crippen molar-refractivity contribution in [3.8, 4) is 11.5 Å². The third-order valence-corrected chi connectivity index (χ3v) is 6.18. The van der Waals surface area contributed by atoms with Crippen molar-refractivity contribution in [2.45, 2.75) is 37.4 Å². The molecule has 20 heavy (non-hydrogen) atoms. The first kappa shape index (κ1) is 15.6. The van der Waals surface area contributed by atoms with Gasteiger partial charge in [0.25, 0.3) is 0 Å². The summed E-state index contributed by atoms with van der Waals surface area (Å²) in [6, 6.07) is 7.23. The Balaban J connectivity index is 1.67. The first-order valence-electron chi connectivity index (χ1n) is 6.91. The predicted molar refractivity (Wildman–Crippen MR) is 85.6 cm³/mol. The monoisotopic (exact) mass is 312 g/mol. The number of para-hydroxylation sites is 2. The van der Waals surface area contributed by atoms with Crippen LogP contribution in [0.25, 0.3) is 0 Å². The molecule has 1 aromatic carbocycles. The molecular weight excluding hydrogens is 292 g/mol. The van der Waals surface area contributed by atoms with Crippen LogP contribution in [0, 0.1) is 0 Å². The minimum atomic E-state index is -0.178. The van der Waals surface area contributed by atoms with Crippen LogP contribution < -0.4 is 9.47 Å². The fourth-order valence-corrected chi connectivity index (χ4v) is 5.11. The number of esters is 1. The molecule has 0 radical (unpaired) electrons. The van der Waals surface area contributed by atoms with E-state index in [2.05, 4.69) is 0 Å². The molecule has 0 bridgehead atoms. The highest BCUT2D eigenvalue weighted by Crippen LogP contribution is 2.39. The van der Waals surface area contributed by atoms with E-state index in [4.69, 9.17) is 9.47 Å². The van der Waals surface area contributed by atoms with E-state index in [-0.39, 0.29) is 5.97 Å². The lowest BCUT2D eigenvalue weighted by atomic mass is 10.1. The van der Waals surface area contributed by atoms with Crippen LogP contribution in [0.3, 0.4) is 0 Å². The molecule has 2 rings (SSSR count). The molecule has 0 spiro atoms. The first-order valence-corrected chi connectivity index (χ1v) is 9.30. The number of hydrogen-bond donors (Lipinski definition) is 0. The number of carbonyl (C=O) groups is 1. The molecule has 0 aliphatic carbocycles. The summed E-state index contributed by atoms with van der Waals surface area (Å²) in [5.41, 5.74) is 0. The maximum Gasteiger partial charge on any atom is 0.311 e. The van der Waals surface area contributed by atoms with Crippen molar-refractivity contribution in [3.05, 3.63) is 24.3 Å². The average Bonchev–Trinajstić information content (AvgIpc) is 2.97. The highest BCUT2D eigenvalue weighted by molar-refractivity contribution is 8.77.